The quantitative estimate of drug-likeness (QED) is 0.356. The van der Waals surface area contributed by atoms with E-state index in [1.165, 1.54) is 73.7 Å². The van der Waals surface area contributed by atoms with Crippen LogP contribution in [0.25, 0.3) is 0 Å². The molecule has 30 heavy (non-hydrogen) atoms. The summed E-state index contributed by atoms with van der Waals surface area (Å²) in [6.07, 6.45) is -0.941. The smallest absolute Gasteiger partial charge is 0.292 e. The maximum atomic E-state index is 13.0. The van der Waals surface area contributed by atoms with Crippen molar-refractivity contribution in [1.82, 2.24) is 0 Å². The number of nitrogens with zero attached hydrogens (tertiary/aromatic N) is 1. The summed E-state index contributed by atoms with van der Waals surface area (Å²) in [5, 5.41) is 13.5. The zero-order valence-electron chi connectivity index (χ0n) is 15.9. The molecule has 0 saturated carbocycles. The second kappa shape index (κ2) is 8.95. The first kappa shape index (κ1) is 20.7. The molecule has 152 valence electrons. The molecule has 0 unspecified atom stereocenters. The molecule has 1 atom stereocenters. The number of halogens is 1. The Balaban J connectivity index is 1.65. The number of anilines is 1. The van der Waals surface area contributed by atoms with Crippen LogP contribution in [0.5, 0.6) is 5.75 Å². The van der Waals surface area contributed by atoms with Crippen LogP contribution in [-0.4, -0.2) is 22.7 Å². The van der Waals surface area contributed by atoms with E-state index in [0.29, 0.717) is 16.9 Å². The summed E-state index contributed by atoms with van der Waals surface area (Å²) in [5.74, 6) is -0.918. The number of ketones is 1. The number of rotatable bonds is 7. The molecule has 0 fully saturated rings. The summed E-state index contributed by atoms with van der Waals surface area (Å²) in [7, 11) is 0. The first-order valence-corrected chi connectivity index (χ1v) is 8.96. The van der Waals surface area contributed by atoms with Crippen molar-refractivity contribution in [1.29, 1.82) is 0 Å². The Bertz CT molecular complexity index is 1080. The van der Waals surface area contributed by atoms with Crippen LogP contribution in [0.15, 0.2) is 72.8 Å². The van der Waals surface area contributed by atoms with Crippen molar-refractivity contribution in [2.45, 2.75) is 13.0 Å². The van der Waals surface area contributed by atoms with E-state index in [1.807, 2.05) is 0 Å². The Hall–Kier alpha value is -4.07. The molecule has 3 aromatic carbocycles. The number of ether oxygens (including phenoxy) is 1. The highest BCUT2D eigenvalue weighted by atomic mass is 19.1. The van der Waals surface area contributed by atoms with Gasteiger partial charge in [-0.15, -0.1) is 0 Å². The Morgan fingerprint density at radius 3 is 2.13 bits per heavy atom. The Kier molecular flexibility index (Phi) is 6.17. The number of nitrogens with one attached hydrogen (secondary N) is 1. The van der Waals surface area contributed by atoms with Crippen molar-refractivity contribution in [3.8, 4) is 5.75 Å². The molecule has 7 nitrogen and oxygen atoms in total. The Morgan fingerprint density at radius 2 is 1.53 bits per heavy atom. The van der Waals surface area contributed by atoms with Gasteiger partial charge >= 0.3 is 0 Å². The largest absolute Gasteiger partial charge is 0.481 e. The molecule has 3 rings (SSSR count). The average molecular weight is 408 g/mol. The number of amides is 1. The van der Waals surface area contributed by atoms with E-state index in [2.05, 4.69) is 5.32 Å². The highest BCUT2D eigenvalue weighted by molar-refractivity contribution is 6.09. The van der Waals surface area contributed by atoms with Gasteiger partial charge in [-0.25, -0.2) is 4.39 Å². The van der Waals surface area contributed by atoms with Gasteiger partial charge in [-0.2, -0.15) is 0 Å². The third-order valence-corrected chi connectivity index (χ3v) is 4.26. The summed E-state index contributed by atoms with van der Waals surface area (Å²) < 4.78 is 18.6. The lowest BCUT2D eigenvalue weighted by Crippen LogP contribution is -2.30. The van der Waals surface area contributed by atoms with E-state index in [4.69, 9.17) is 4.74 Å². The van der Waals surface area contributed by atoms with Crippen molar-refractivity contribution < 1.29 is 23.6 Å². The Morgan fingerprint density at radius 1 is 0.967 bits per heavy atom. The van der Waals surface area contributed by atoms with Crippen molar-refractivity contribution in [2.24, 2.45) is 0 Å². The van der Waals surface area contributed by atoms with E-state index < -0.39 is 22.8 Å². The molecule has 8 heteroatoms. The van der Waals surface area contributed by atoms with E-state index >= 15 is 0 Å². The second-order valence-corrected chi connectivity index (χ2v) is 6.38. The summed E-state index contributed by atoms with van der Waals surface area (Å²) in [5.41, 5.74) is 0.582. The summed E-state index contributed by atoms with van der Waals surface area (Å²) in [6, 6.07) is 17.2. The predicted octanol–water partition coefficient (Wildman–Crippen LogP) is 4.37. The molecule has 0 aliphatic carbocycles. The monoisotopic (exact) mass is 408 g/mol. The van der Waals surface area contributed by atoms with Gasteiger partial charge < -0.3 is 10.1 Å². The molecule has 0 heterocycles. The molecular weight excluding hydrogens is 391 g/mol. The molecule has 0 aliphatic rings. The minimum absolute atomic E-state index is 0.0724. The molecular formula is C22H17FN2O5. The molecule has 0 aromatic heterocycles. The lowest BCUT2D eigenvalue weighted by atomic mass is 10.0. The first-order chi connectivity index (χ1) is 14.3. The standard InChI is InChI=1S/C22H17FN2O5/c1-14(22(27)24-19-4-2-3-5-20(19)25(28)29)30-18-12-8-16(9-13-18)21(26)15-6-10-17(23)11-7-15/h2-14H,1H3,(H,24,27)/t14-/m0/s1. The van der Waals surface area contributed by atoms with Crippen LogP contribution in [-0.2, 0) is 4.79 Å². The fourth-order valence-electron chi connectivity index (χ4n) is 2.68. The second-order valence-electron chi connectivity index (χ2n) is 6.38. The topological polar surface area (TPSA) is 98.5 Å². The predicted molar refractivity (Wildman–Crippen MR) is 108 cm³/mol. The Labute approximate surface area is 171 Å². The molecule has 0 spiro atoms. The number of para-hydroxylation sites is 2. The van der Waals surface area contributed by atoms with Crippen molar-refractivity contribution in [3.05, 3.63) is 99.9 Å². The summed E-state index contributed by atoms with van der Waals surface area (Å²) in [6.45, 7) is 1.50. The molecule has 3 aromatic rings. The number of nitro groups is 1. The van der Waals surface area contributed by atoms with Gasteiger partial charge in [-0.05, 0) is 61.5 Å². The van der Waals surface area contributed by atoms with Gasteiger partial charge in [0.15, 0.2) is 11.9 Å². The molecule has 1 amide bonds. The molecule has 0 aliphatic heterocycles. The van der Waals surface area contributed by atoms with Crippen LogP contribution < -0.4 is 10.1 Å². The zero-order chi connectivity index (χ0) is 21.7. The van der Waals surface area contributed by atoms with E-state index in [9.17, 15) is 24.1 Å². The minimum Gasteiger partial charge on any atom is -0.481 e. The number of hydrogen-bond donors (Lipinski definition) is 1. The van der Waals surface area contributed by atoms with Gasteiger partial charge in [0.05, 0.1) is 4.92 Å². The normalized spacial score (nSPS) is 11.4. The molecule has 1 N–H and O–H groups in total. The van der Waals surface area contributed by atoms with Crippen LogP contribution in [0.3, 0.4) is 0 Å². The van der Waals surface area contributed by atoms with Gasteiger partial charge in [0.1, 0.15) is 17.3 Å². The highest BCUT2D eigenvalue weighted by Crippen LogP contribution is 2.24. The van der Waals surface area contributed by atoms with Crippen LogP contribution in [0.4, 0.5) is 15.8 Å². The molecule has 0 radical (unpaired) electrons. The lowest BCUT2D eigenvalue weighted by Gasteiger charge is -2.15. The number of benzene rings is 3. The van der Waals surface area contributed by atoms with Crippen LogP contribution in [0.1, 0.15) is 22.8 Å². The maximum Gasteiger partial charge on any atom is 0.292 e. The van der Waals surface area contributed by atoms with Crippen LogP contribution in [0.2, 0.25) is 0 Å². The summed E-state index contributed by atoms with van der Waals surface area (Å²) >= 11 is 0. The SMILES string of the molecule is C[C@H](Oc1ccc(C(=O)c2ccc(F)cc2)cc1)C(=O)Nc1ccccc1[N+](=O)[O-]. The fraction of sp³-hybridized carbons (Fsp3) is 0.0909. The molecule has 0 saturated heterocycles. The number of carbonyl (C=O) groups is 2. The van der Waals surface area contributed by atoms with Crippen LogP contribution >= 0.6 is 0 Å². The van der Waals surface area contributed by atoms with Gasteiger partial charge in [0.25, 0.3) is 11.6 Å². The van der Waals surface area contributed by atoms with Gasteiger partial charge in [-0.3, -0.25) is 19.7 Å². The van der Waals surface area contributed by atoms with Crippen molar-refractivity contribution in [3.63, 3.8) is 0 Å². The van der Waals surface area contributed by atoms with Crippen LogP contribution in [0, 0.1) is 15.9 Å². The number of hydrogen-bond acceptors (Lipinski definition) is 5. The fourth-order valence-corrected chi connectivity index (χ4v) is 2.68. The number of carbonyl (C=O) groups excluding carboxylic acids is 2. The number of nitro benzene ring substituents is 1. The van der Waals surface area contributed by atoms with Gasteiger partial charge in [0.2, 0.25) is 0 Å². The van der Waals surface area contributed by atoms with Crippen molar-refractivity contribution in [2.75, 3.05) is 5.32 Å². The third-order valence-electron chi connectivity index (χ3n) is 4.26. The lowest BCUT2D eigenvalue weighted by molar-refractivity contribution is -0.383. The maximum absolute atomic E-state index is 13.0. The van der Waals surface area contributed by atoms with Crippen molar-refractivity contribution >= 4 is 23.1 Å². The van der Waals surface area contributed by atoms with Gasteiger partial charge in [-0.1, -0.05) is 12.1 Å². The highest BCUT2D eigenvalue weighted by Gasteiger charge is 2.20. The third kappa shape index (κ3) is 4.85. The summed E-state index contributed by atoms with van der Waals surface area (Å²) in [4.78, 5) is 35.2. The zero-order valence-corrected chi connectivity index (χ0v) is 15.9. The first-order valence-electron chi connectivity index (χ1n) is 8.96. The van der Waals surface area contributed by atoms with Gasteiger partial charge in [0, 0.05) is 17.2 Å². The average Bonchev–Trinajstić information content (AvgIpc) is 2.74. The minimum atomic E-state index is -0.941. The molecule has 0 bridgehead atoms. The van der Waals surface area contributed by atoms with E-state index in [-0.39, 0.29) is 17.2 Å². The van der Waals surface area contributed by atoms with E-state index in [1.54, 1.807) is 6.07 Å². The van der Waals surface area contributed by atoms with E-state index in [0.717, 1.165) is 0 Å².